The minimum atomic E-state index is -0.839. The quantitative estimate of drug-likeness (QED) is 0.623. The van der Waals surface area contributed by atoms with Gasteiger partial charge in [-0.3, -0.25) is 4.79 Å². The molecule has 1 heterocycles. The van der Waals surface area contributed by atoms with Crippen molar-refractivity contribution >= 4 is 17.7 Å². The average molecular weight is 264 g/mol. The van der Waals surface area contributed by atoms with E-state index in [2.05, 4.69) is 10.2 Å². The van der Waals surface area contributed by atoms with Crippen LogP contribution >= 0.6 is 11.8 Å². The standard InChI is InChI=1S/C11H12N4O2S/c12-15-10(8-4-2-1-3-5-8)13-14-11(15)18-7-6-9(16)17/h1-5H,6-7,12H2,(H,16,17). The Labute approximate surface area is 108 Å². The summed E-state index contributed by atoms with van der Waals surface area (Å²) in [6.07, 6.45) is 0.0677. The Morgan fingerprint density at radius 2 is 2.06 bits per heavy atom. The molecule has 94 valence electrons. The van der Waals surface area contributed by atoms with E-state index in [1.165, 1.54) is 16.4 Å². The minimum absolute atomic E-state index is 0.0677. The molecular weight excluding hydrogens is 252 g/mol. The van der Waals surface area contributed by atoms with Crippen molar-refractivity contribution < 1.29 is 9.90 Å². The first-order valence-electron chi connectivity index (χ1n) is 5.29. The summed E-state index contributed by atoms with van der Waals surface area (Å²) in [6.45, 7) is 0. The van der Waals surface area contributed by atoms with Crippen LogP contribution in [-0.4, -0.2) is 31.7 Å². The highest BCUT2D eigenvalue weighted by molar-refractivity contribution is 7.99. The van der Waals surface area contributed by atoms with E-state index in [4.69, 9.17) is 10.9 Å². The van der Waals surface area contributed by atoms with Gasteiger partial charge < -0.3 is 10.9 Å². The first kappa shape index (κ1) is 12.4. The number of benzene rings is 1. The Hall–Kier alpha value is -2.02. The molecule has 0 aliphatic carbocycles. The summed E-state index contributed by atoms with van der Waals surface area (Å²) in [5, 5.41) is 17.0. The maximum Gasteiger partial charge on any atom is 0.304 e. The van der Waals surface area contributed by atoms with Gasteiger partial charge in [-0.15, -0.1) is 10.2 Å². The van der Waals surface area contributed by atoms with Crippen LogP contribution in [0.4, 0.5) is 0 Å². The molecule has 0 unspecified atom stereocenters. The van der Waals surface area contributed by atoms with Gasteiger partial charge in [0.25, 0.3) is 0 Å². The smallest absolute Gasteiger partial charge is 0.304 e. The number of carboxylic acids is 1. The molecule has 2 aromatic rings. The topological polar surface area (TPSA) is 94.0 Å². The van der Waals surface area contributed by atoms with Crippen LogP contribution in [0, 0.1) is 0 Å². The van der Waals surface area contributed by atoms with Crippen molar-refractivity contribution in [1.29, 1.82) is 0 Å². The van der Waals surface area contributed by atoms with Gasteiger partial charge in [-0.05, 0) is 0 Å². The molecule has 0 saturated heterocycles. The van der Waals surface area contributed by atoms with Crippen LogP contribution in [0.5, 0.6) is 0 Å². The van der Waals surface area contributed by atoms with Crippen molar-refractivity contribution in [2.24, 2.45) is 0 Å². The summed E-state index contributed by atoms with van der Waals surface area (Å²) in [5.74, 6) is 6.02. The number of nitrogens with zero attached hydrogens (tertiary/aromatic N) is 3. The van der Waals surface area contributed by atoms with Gasteiger partial charge in [0.15, 0.2) is 5.82 Å². The largest absolute Gasteiger partial charge is 0.481 e. The van der Waals surface area contributed by atoms with Gasteiger partial charge in [0, 0.05) is 11.3 Å². The second-order valence-corrected chi connectivity index (χ2v) is 4.60. The Kier molecular flexibility index (Phi) is 3.83. The molecule has 18 heavy (non-hydrogen) atoms. The summed E-state index contributed by atoms with van der Waals surface area (Å²) >= 11 is 1.27. The summed E-state index contributed by atoms with van der Waals surface area (Å²) in [4.78, 5) is 10.4. The van der Waals surface area contributed by atoms with Crippen molar-refractivity contribution in [2.75, 3.05) is 11.6 Å². The Balaban J connectivity index is 2.12. The highest BCUT2D eigenvalue weighted by Gasteiger charge is 2.11. The van der Waals surface area contributed by atoms with Crippen LogP contribution in [-0.2, 0) is 4.79 Å². The zero-order valence-electron chi connectivity index (χ0n) is 9.48. The highest BCUT2D eigenvalue weighted by atomic mass is 32.2. The normalized spacial score (nSPS) is 10.4. The van der Waals surface area contributed by atoms with Gasteiger partial charge >= 0.3 is 5.97 Å². The van der Waals surface area contributed by atoms with E-state index in [0.29, 0.717) is 16.7 Å². The average Bonchev–Trinajstić information content (AvgIpc) is 2.72. The summed E-state index contributed by atoms with van der Waals surface area (Å²) in [5.41, 5.74) is 0.873. The fourth-order valence-corrected chi connectivity index (χ4v) is 2.17. The maximum absolute atomic E-state index is 10.4. The van der Waals surface area contributed by atoms with E-state index in [9.17, 15) is 4.79 Å². The molecule has 2 rings (SSSR count). The van der Waals surface area contributed by atoms with Gasteiger partial charge in [0.2, 0.25) is 5.16 Å². The molecule has 0 radical (unpaired) electrons. The number of aromatic nitrogens is 3. The lowest BCUT2D eigenvalue weighted by molar-refractivity contribution is -0.136. The molecule has 0 amide bonds. The van der Waals surface area contributed by atoms with Crippen molar-refractivity contribution in [1.82, 2.24) is 14.9 Å². The third-order valence-electron chi connectivity index (χ3n) is 2.24. The third-order valence-corrected chi connectivity index (χ3v) is 3.19. The van der Waals surface area contributed by atoms with Gasteiger partial charge in [0.1, 0.15) is 0 Å². The molecule has 0 aliphatic heterocycles. The fraction of sp³-hybridized carbons (Fsp3) is 0.182. The third kappa shape index (κ3) is 2.80. The van der Waals surface area contributed by atoms with E-state index in [0.717, 1.165) is 5.56 Å². The lowest BCUT2D eigenvalue weighted by Crippen LogP contribution is -2.11. The first-order chi connectivity index (χ1) is 8.68. The van der Waals surface area contributed by atoms with Crippen LogP contribution in [0.2, 0.25) is 0 Å². The second-order valence-electron chi connectivity index (χ2n) is 3.53. The lowest BCUT2D eigenvalue weighted by atomic mass is 10.2. The minimum Gasteiger partial charge on any atom is -0.481 e. The molecule has 0 aliphatic rings. The molecule has 0 spiro atoms. The number of carboxylic acid groups (broad SMARTS) is 1. The van der Waals surface area contributed by atoms with E-state index in [1.54, 1.807) is 0 Å². The molecule has 0 saturated carbocycles. The van der Waals surface area contributed by atoms with Gasteiger partial charge in [0.05, 0.1) is 6.42 Å². The van der Waals surface area contributed by atoms with E-state index in [-0.39, 0.29) is 6.42 Å². The molecule has 0 atom stereocenters. The molecule has 0 fully saturated rings. The van der Waals surface area contributed by atoms with E-state index in [1.807, 2.05) is 30.3 Å². The van der Waals surface area contributed by atoms with Crippen molar-refractivity contribution in [3.05, 3.63) is 30.3 Å². The number of carbonyl (C=O) groups is 1. The number of rotatable bonds is 5. The molecule has 1 aromatic heterocycles. The molecule has 0 bridgehead atoms. The van der Waals surface area contributed by atoms with E-state index < -0.39 is 5.97 Å². The fourth-order valence-electron chi connectivity index (χ4n) is 1.39. The van der Waals surface area contributed by atoms with Crippen molar-refractivity contribution in [2.45, 2.75) is 11.6 Å². The van der Waals surface area contributed by atoms with Crippen molar-refractivity contribution in [3.8, 4) is 11.4 Å². The number of hydrogen-bond acceptors (Lipinski definition) is 5. The predicted molar refractivity (Wildman–Crippen MR) is 68.6 cm³/mol. The SMILES string of the molecule is Nn1c(SCCC(=O)O)nnc1-c1ccccc1. The maximum atomic E-state index is 10.4. The number of nitrogens with two attached hydrogens (primary N) is 1. The Morgan fingerprint density at radius 1 is 1.33 bits per heavy atom. The molecule has 6 nitrogen and oxygen atoms in total. The van der Waals surface area contributed by atoms with Crippen LogP contribution in [0.1, 0.15) is 6.42 Å². The van der Waals surface area contributed by atoms with Crippen LogP contribution in [0.25, 0.3) is 11.4 Å². The summed E-state index contributed by atoms with van der Waals surface area (Å²) in [6, 6.07) is 9.46. The van der Waals surface area contributed by atoms with Crippen LogP contribution in [0.15, 0.2) is 35.5 Å². The van der Waals surface area contributed by atoms with Crippen LogP contribution in [0.3, 0.4) is 0 Å². The first-order valence-corrected chi connectivity index (χ1v) is 6.27. The number of thioether (sulfide) groups is 1. The second kappa shape index (κ2) is 5.54. The lowest BCUT2D eigenvalue weighted by Gasteiger charge is -2.02. The Bertz CT molecular complexity index is 541. The number of nitrogen functional groups attached to an aromatic ring is 1. The van der Waals surface area contributed by atoms with Gasteiger partial charge in [-0.1, -0.05) is 42.1 Å². The summed E-state index contributed by atoms with van der Waals surface area (Å²) in [7, 11) is 0. The van der Waals surface area contributed by atoms with Gasteiger partial charge in [-0.25, -0.2) is 4.68 Å². The molecule has 7 heteroatoms. The monoisotopic (exact) mass is 264 g/mol. The molecular formula is C11H12N4O2S. The highest BCUT2D eigenvalue weighted by Crippen LogP contribution is 2.21. The van der Waals surface area contributed by atoms with E-state index >= 15 is 0 Å². The zero-order valence-corrected chi connectivity index (χ0v) is 10.3. The number of hydrogen-bond donors (Lipinski definition) is 2. The predicted octanol–water partition coefficient (Wildman–Crippen LogP) is 1.23. The zero-order chi connectivity index (χ0) is 13.0. The summed E-state index contributed by atoms with van der Waals surface area (Å²) < 4.78 is 1.38. The Morgan fingerprint density at radius 3 is 2.72 bits per heavy atom. The van der Waals surface area contributed by atoms with Crippen LogP contribution < -0.4 is 5.84 Å². The number of aliphatic carboxylic acids is 1. The van der Waals surface area contributed by atoms with Gasteiger partial charge in [-0.2, -0.15) is 0 Å². The molecule has 1 aromatic carbocycles. The van der Waals surface area contributed by atoms with Crippen molar-refractivity contribution in [3.63, 3.8) is 0 Å². The molecule has 3 N–H and O–H groups in total.